The van der Waals surface area contributed by atoms with Crippen LogP contribution in [0.4, 0.5) is 0 Å². The number of rotatable bonds is 4. The van der Waals surface area contributed by atoms with E-state index in [0.29, 0.717) is 0 Å². The number of aryl methyl sites for hydroxylation is 1. The van der Waals surface area contributed by atoms with Gasteiger partial charge in [-0.2, -0.15) is 0 Å². The van der Waals surface area contributed by atoms with Crippen LogP contribution in [0.3, 0.4) is 0 Å². The molecular formula is C21H24N2. The highest BCUT2D eigenvalue weighted by Crippen LogP contribution is 2.34. The van der Waals surface area contributed by atoms with Gasteiger partial charge in [0.05, 0.1) is 5.52 Å². The standard InChI is InChI=1S/C21H24N2/c1-5-21(4,6-2)18-12-15(3)11-17(13-18)20-22-14-16-9-7-8-10-19(16)23-20/h7-14H,5-6H2,1-4H3. The Morgan fingerprint density at radius 1 is 1.00 bits per heavy atom. The molecule has 0 spiro atoms. The smallest absolute Gasteiger partial charge is 0.159 e. The average molecular weight is 304 g/mol. The van der Waals surface area contributed by atoms with Crippen molar-refractivity contribution in [3.05, 3.63) is 59.8 Å². The van der Waals surface area contributed by atoms with E-state index >= 15 is 0 Å². The molecule has 0 amide bonds. The molecule has 2 aromatic carbocycles. The van der Waals surface area contributed by atoms with Crippen molar-refractivity contribution in [3.63, 3.8) is 0 Å². The first-order chi connectivity index (χ1) is 11.1. The zero-order valence-corrected chi connectivity index (χ0v) is 14.4. The number of benzene rings is 2. The van der Waals surface area contributed by atoms with Crippen LogP contribution in [0.15, 0.2) is 48.7 Å². The van der Waals surface area contributed by atoms with E-state index in [4.69, 9.17) is 4.98 Å². The van der Waals surface area contributed by atoms with Crippen LogP contribution in [0.1, 0.15) is 44.7 Å². The summed E-state index contributed by atoms with van der Waals surface area (Å²) >= 11 is 0. The predicted octanol–water partition coefficient (Wildman–Crippen LogP) is 5.68. The van der Waals surface area contributed by atoms with Gasteiger partial charge in [0.15, 0.2) is 5.82 Å². The van der Waals surface area contributed by atoms with Crippen molar-refractivity contribution < 1.29 is 0 Å². The molecule has 3 rings (SSSR count). The van der Waals surface area contributed by atoms with Crippen molar-refractivity contribution in [3.8, 4) is 11.4 Å². The summed E-state index contributed by atoms with van der Waals surface area (Å²) in [5.74, 6) is 0.809. The van der Waals surface area contributed by atoms with E-state index in [2.05, 4.69) is 50.9 Å². The fraction of sp³-hybridized carbons (Fsp3) is 0.333. The molecule has 0 bridgehead atoms. The van der Waals surface area contributed by atoms with Gasteiger partial charge in [-0.25, -0.2) is 9.97 Å². The molecule has 23 heavy (non-hydrogen) atoms. The maximum absolute atomic E-state index is 4.75. The highest BCUT2D eigenvalue weighted by atomic mass is 14.9. The zero-order valence-electron chi connectivity index (χ0n) is 14.4. The van der Waals surface area contributed by atoms with Gasteiger partial charge in [-0.1, -0.05) is 50.6 Å². The highest BCUT2D eigenvalue weighted by molar-refractivity contribution is 5.79. The Labute approximate surface area is 138 Å². The molecule has 3 aromatic rings. The second-order valence-corrected chi connectivity index (χ2v) is 6.61. The molecule has 0 aliphatic heterocycles. The molecule has 0 unspecified atom stereocenters. The monoisotopic (exact) mass is 304 g/mol. The molecular weight excluding hydrogens is 280 g/mol. The lowest BCUT2D eigenvalue weighted by atomic mass is 9.77. The first-order valence-corrected chi connectivity index (χ1v) is 8.40. The fourth-order valence-electron chi connectivity index (χ4n) is 3.03. The summed E-state index contributed by atoms with van der Waals surface area (Å²) in [6.45, 7) is 9.02. The van der Waals surface area contributed by atoms with E-state index < -0.39 is 0 Å². The van der Waals surface area contributed by atoms with E-state index in [-0.39, 0.29) is 5.41 Å². The first-order valence-electron chi connectivity index (χ1n) is 8.40. The third kappa shape index (κ3) is 2.98. The fourth-order valence-corrected chi connectivity index (χ4v) is 3.03. The van der Waals surface area contributed by atoms with E-state index in [0.717, 1.165) is 35.1 Å². The van der Waals surface area contributed by atoms with Crippen molar-refractivity contribution in [1.82, 2.24) is 9.97 Å². The Morgan fingerprint density at radius 3 is 2.48 bits per heavy atom. The summed E-state index contributed by atoms with van der Waals surface area (Å²) in [6, 6.07) is 14.9. The topological polar surface area (TPSA) is 25.8 Å². The maximum atomic E-state index is 4.75. The maximum Gasteiger partial charge on any atom is 0.159 e. The van der Waals surface area contributed by atoms with Gasteiger partial charge in [-0.3, -0.25) is 0 Å². The summed E-state index contributed by atoms with van der Waals surface area (Å²) in [6.07, 6.45) is 4.18. The number of fused-ring (bicyclic) bond motifs is 1. The van der Waals surface area contributed by atoms with E-state index in [1.807, 2.05) is 30.5 Å². The van der Waals surface area contributed by atoms with E-state index in [9.17, 15) is 0 Å². The molecule has 1 heterocycles. The molecule has 0 aliphatic rings. The Bertz CT molecular complexity index is 832. The Hall–Kier alpha value is -2.22. The summed E-state index contributed by atoms with van der Waals surface area (Å²) in [7, 11) is 0. The van der Waals surface area contributed by atoms with Gasteiger partial charge >= 0.3 is 0 Å². The van der Waals surface area contributed by atoms with Crippen LogP contribution in [-0.4, -0.2) is 9.97 Å². The van der Waals surface area contributed by atoms with E-state index in [1.165, 1.54) is 11.1 Å². The number of para-hydroxylation sites is 1. The third-order valence-electron chi connectivity index (χ3n) is 5.08. The number of nitrogens with zero attached hydrogens (tertiary/aromatic N) is 2. The second-order valence-electron chi connectivity index (χ2n) is 6.61. The highest BCUT2D eigenvalue weighted by Gasteiger charge is 2.23. The summed E-state index contributed by atoms with van der Waals surface area (Å²) in [5, 5.41) is 1.08. The molecule has 2 heteroatoms. The van der Waals surface area contributed by atoms with Crippen LogP contribution >= 0.6 is 0 Å². The first kappa shape index (κ1) is 15.7. The Morgan fingerprint density at radius 2 is 1.74 bits per heavy atom. The quantitative estimate of drug-likeness (QED) is 0.619. The van der Waals surface area contributed by atoms with Crippen LogP contribution in [0.25, 0.3) is 22.3 Å². The zero-order chi connectivity index (χ0) is 16.4. The largest absolute Gasteiger partial charge is 0.236 e. The minimum Gasteiger partial charge on any atom is -0.236 e. The van der Waals surface area contributed by atoms with Gasteiger partial charge < -0.3 is 0 Å². The summed E-state index contributed by atoms with van der Waals surface area (Å²) < 4.78 is 0. The molecule has 0 saturated carbocycles. The van der Waals surface area contributed by atoms with Crippen LogP contribution in [0, 0.1) is 6.92 Å². The number of hydrogen-bond donors (Lipinski definition) is 0. The van der Waals surface area contributed by atoms with Crippen LogP contribution in [0.5, 0.6) is 0 Å². The molecule has 0 aliphatic carbocycles. The molecule has 0 atom stereocenters. The van der Waals surface area contributed by atoms with Crippen molar-refractivity contribution in [2.24, 2.45) is 0 Å². The normalized spacial score (nSPS) is 11.8. The molecule has 1 aromatic heterocycles. The molecule has 2 nitrogen and oxygen atoms in total. The Kier molecular flexibility index (Phi) is 4.16. The molecule has 0 radical (unpaired) electrons. The van der Waals surface area contributed by atoms with Crippen molar-refractivity contribution in [1.29, 1.82) is 0 Å². The van der Waals surface area contributed by atoms with Crippen molar-refractivity contribution in [2.75, 3.05) is 0 Å². The second kappa shape index (κ2) is 6.11. The molecule has 0 N–H and O–H groups in total. The van der Waals surface area contributed by atoms with Crippen LogP contribution < -0.4 is 0 Å². The SMILES string of the molecule is CCC(C)(CC)c1cc(C)cc(-c2ncc3ccccc3n2)c1. The minimum absolute atomic E-state index is 0.206. The van der Waals surface area contributed by atoms with Gasteiger partial charge in [0.25, 0.3) is 0 Å². The lowest BCUT2D eigenvalue weighted by molar-refractivity contribution is 0.439. The van der Waals surface area contributed by atoms with Crippen molar-refractivity contribution >= 4 is 10.9 Å². The number of aromatic nitrogens is 2. The average Bonchev–Trinajstić information content (AvgIpc) is 2.60. The van der Waals surface area contributed by atoms with Gasteiger partial charge in [0.1, 0.15) is 0 Å². The lowest BCUT2D eigenvalue weighted by Gasteiger charge is -2.28. The Balaban J connectivity index is 2.13. The molecule has 0 fully saturated rings. The van der Waals surface area contributed by atoms with Gasteiger partial charge in [0, 0.05) is 17.1 Å². The summed E-state index contributed by atoms with van der Waals surface area (Å²) in [5.41, 5.74) is 4.96. The molecule has 118 valence electrons. The lowest BCUT2D eigenvalue weighted by Crippen LogP contribution is -2.19. The van der Waals surface area contributed by atoms with E-state index in [1.54, 1.807) is 0 Å². The van der Waals surface area contributed by atoms with Gasteiger partial charge in [-0.15, -0.1) is 0 Å². The third-order valence-corrected chi connectivity index (χ3v) is 5.08. The van der Waals surface area contributed by atoms with Crippen LogP contribution in [0.2, 0.25) is 0 Å². The summed E-state index contributed by atoms with van der Waals surface area (Å²) in [4.78, 5) is 9.33. The van der Waals surface area contributed by atoms with Gasteiger partial charge in [0.2, 0.25) is 0 Å². The molecule has 0 saturated heterocycles. The minimum atomic E-state index is 0.206. The number of hydrogen-bond acceptors (Lipinski definition) is 2. The van der Waals surface area contributed by atoms with Crippen molar-refractivity contribution in [2.45, 2.75) is 46.0 Å². The van der Waals surface area contributed by atoms with Gasteiger partial charge in [-0.05, 0) is 48.9 Å². The van der Waals surface area contributed by atoms with Crippen LogP contribution in [-0.2, 0) is 5.41 Å². The predicted molar refractivity (Wildman–Crippen MR) is 97.6 cm³/mol.